The number of hydrogen-bond donors (Lipinski definition) is 0. The number of anilines is 1. The van der Waals surface area contributed by atoms with Gasteiger partial charge >= 0.3 is 0 Å². The predicted octanol–water partition coefficient (Wildman–Crippen LogP) is 2.10. The maximum absolute atomic E-state index is 13.0. The predicted molar refractivity (Wildman–Crippen MR) is 97.8 cm³/mol. The van der Waals surface area contributed by atoms with E-state index >= 15 is 0 Å². The van der Waals surface area contributed by atoms with E-state index in [0.29, 0.717) is 16.5 Å². The normalized spacial score (nSPS) is 10.9. The van der Waals surface area contributed by atoms with Crippen molar-refractivity contribution in [2.24, 2.45) is 0 Å². The number of carbonyl (C=O) groups excluding carboxylic acids is 1. The van der Waals surface area contributed by atoms with Crippen LogP contribution in [0.3, 0.4) is 0 Å². The highest BCUT2D eigenvalue weighted by Gasteiger charge is 2.14. The van der Waals surface area contributed by atoms with Gasteiger partial charge in [-0.15, -0.1) is 0 Å². The van der Waals surface area contributed by atoms with Gasteiger partial charge in [-0.1, -0.05) is 18.7 Å². The third kappa shape index (κ3) is 3.72. The summed E-state index contributed by atoms with van der Waals surface area (Å²) in [6.45, 7) is 1.79. The summed E-state index contributed by atoms with van der Waals surface area (Å²) in [4.78, 5) is 38.9. The summed E-state index contributed by atoms with van der Waals surface area (Å²) in [6.07, 6.45) is 2.73. The Hall–Kier alpha value is -2.81. The SMILES string of the molecule is CCSc1ncc2c(=O)n(CC(=O)N(C)c3ccc(F)cc3)cnc2n1. The molecule has 0 unspecified atom stereocenters. The van der Waals surface area contributed by atoms with Crippen LogP contribution in [0, 0.1) is 5.82 Å². The Bertz CT molecular complexity index is 1010. The third-order valence-electron chi connectivity index (χ3n) is 3.72. The van der Waals surface area contributed by atoms with Crippen molar-refractivity contribution >= 4 is 34.4 Å². The zero-order chi connectivity index (χ0) is 18.7. The number of likely N-dealkylation sites (N-methyl/N-ethyl adjacent to an activating group) is 1. The molecular formula is C17H16FN5O2S. The highest BCUT2D eigenvalue weighted by Crippen LogP contribution is 2.15. The molecule has 0 aliphatic heterocycles. The van der Waals surface area contributed by atoms with Crippen molar-refractivity contribution < 1.29 is 9.18 Å². The summed E-state index contributed by atoms with van der Waals surface area (Å²) in [6, 6.07) is 5.53. The molecule has 2 heterocycles. The Kier molecular flexibility index (Phi) is 5.27. The summed E-state index contributed by atoms with van der Waals surface area (Å²) in [5, 5.41) is 0.807. The standard InChI is InChI=1S/C17H16FN5O2S/c1-3-26-17-19-8-13-15(21-17)20-10-23(16(13)25)9-14(24)22(2)12-6-4-11(18)5-7-12/h4-8,10H,3,9H2,1-2H3. The summed E-state index contributed by atoms with van der Waals surface area (Å²) >= 11 is 1.45. The zero-order valence-corrected chi connectivity index (χ0v) is 15.0. The highest BCUT2D eigenvalue weighted by atomic mass is 32.2. The van der Waals surface area contributed by atoms with Crippen LogP contribution in [0.4, 0.5) is 10.1 Å². The molecule has 0 saturated heterocycles. The lowest BCUT2D eigenvalue weighted by molar-refractivity contribution is -0.118. The molecule has 2 aromatic heterocycles. The van der Waals surface area contributed by atoms with Crippen molar-refractivity contribution in [1.82, 2.24) is 19.5 Å². The Labute approximate surface area is 152 Å². The maximum Gasteiger partial charge on any atom is 0.264 e. The third-order valence-corrected chi connectivity index (χ3v) is 4.47. The Morgan fingerprint density at radius 1 is 1.27 bits per heavy atom. The molecule has 0 aliphatic carbocycles. The Morgan fingerprint density at radius 2 is 2.00 bits per heavy atom. The monoisotopic (exact) mass is 373 g/mol. The number of nitrogens with zero attached hydrogens (tertiary/aromatic N) is 5. The molecule has 0 aliphatic rings. The minimum atomic E-state index is -0.385. The average Bonchev–Trinajstić information content (AvgIpc) is 2.64. The Morgan fingerprint density at radius 3 is 2.69 bits per heavy atom. The van der Waals surface area contributed by atoms with Crippen molar-refractivity contribution in [2.75, 3.05) is 17.7 Å². The van der Waals surface area contributed by atoms with Gasteiger partial charge in [0.2, 0.25) is 5.91 Å². The molecule has 0 spiro atoms. The topological polar surface area (TPSA) is 81.0 Å². The first-order chi connectivity index (χ1) is 12.5. The number of halogens is 1. The van der Waals surface area contributed by atoms with Crippen LogP contribution >= 0.6 is 11.8 Å². The molecule has 1 aromatic carbocycles. The number of hydrogen-bond acceptors (Lipinski definition) is 6. The van der Waals surface area contributed by atoms with E-state index in [1.807, 2.05) is 6.92 Å². The molecule has 0 saturated carbocycles. The highest BCUT2D eigenvalue weighted by molar-refractivity contribution is 7.99. The molecule has 0 N–H and O–H groups in total. The van der Waals surface area contributed by atoms with Crippen molar-refractivity contribution in [3.63, 3.8) is 0 Å². The number of rotatable bonds is 5. The van der Waals surface area contributed by atoms with Crippen molar-refractivity contribution in [1.29, 1.82) is 0 Å². The molecule has 3 rings (SSSR count). The van der Waals surface area contributed by atoms with E-state index in [1.54, 1.807) is 7.05 Å². The van der Waals surface area contributed by atoms with Crippen molar-refractivity contribution in [3.05, 3.63) is 53.0 Å². The molecular weight excluding hydrogens is 357 g/mol. The van der Waals surface area contributed by atoms with Gasteiger partial charge in [-0.2, -0.15) is 0 Å². The van der Waals surface area contributed by atoms with Gasteiger partial charge in [0.05, 0.1) is 0 Å². The smallest absolute Gasteiger partial charge is 0.264 e. The van der Waals surface area contributed by atoms with Gasteiger partial charge in [-0.3, -0.25) is 14.2 Å². The fourth-order valence-corrected chi connectivity index (χ4v) is 2.85. The lowest BCUT2D eigenvalue weighted by Crippen LogP contribution is -2.34. The van der Waals surface area contributed by atoms with Crippen LogP contribution in [0.5, 0.6) is 0 Å². The van der Waals surface area contributed by atoms with Gasteiger partial charge in [-0.05, 0) is 30.0 Å². The zero-order valence-electron chi connectivity index (χ0n) is 14.2. The molecule has 1 amide bonds. The summed E-state index contributed by atoms with van der Waals surface area (Å²) in [5.74, 6) is 0.0939. The van der Waals surface area contributed by atoms with Crippen LogP contribution in [0.15, 0.2) is 46.7 Å². The van der Waals surface area contributed by atoms with Gasteiger partial charge < -0.3 is 4.90 Å². The van der Waals surface area contributed by atoms with Gasteiger partial charge in [0, 0.05) is 18.9 Å². The molecule has 0 atom stereocenters. The number of benzene rings is 1. The molecule has 0 bridgehead atoms. The van der Waals surface area contributed by atoms with E-state index in [9.17, 15) is 14.0 Å². The Balaban J connectivity index is 1.85. The molecule has 9 heteroatoms. The number of aromatic nitrogens is 4. The van der Waals surface area contributed by atoms with Crippen LogP contribution in [-0.4, -0.2) is 38.2 Å². The summed E-state index contributed by atoms with van der Waals surface area (Å²) in [5.41, 5.74) is 0.447. The van der Waals surface area contributed by atoms with E-state index in [0.717, 1.165) is 5.75 Å². The number of carbonyl (C=O) groups is 1. The fourth-order valence-electron chi connectivity index (χ4n) is 2.31. The van der Waals surface area contributed by atoms with Gasteiger partial charge in [0.25, 0.3) is 5.56 Å². The second kappa shape index (κ2) is 7.61. The molecule has 7 nitrogen and oxygen atoms in total. The molecule has 0 radical (unpaired) electrons. The van der Waals surface area contributed by atoms with E-state index < -0.39 is 0 Å². The van der Waals surface area contributed by atoms with Crippen molar-refractivity contribution in [2.45, 2.75) is 18.6 Å². The molecule has 3 aromatic rings. The first kappa shape index (κ1) is 18.0. The van der Waals surface area contributed by atoms with Gasteiger partial charge in [-0.25, -0.2) is 19.3 Å². The fraction of sp³-hybridized carbons (Fsp3) is 0.235. The summed E-state index contributed by atoms with van der Waals surface area (Å²) in [7, 11) is 1.56. The van der Waals surface area contributed by atoms with Crippen LogP contribution in [0.25, 0.3) is 11.0 Å². The van der Waals surface area contributed by atoms with Gasteiger partial charge in [0.15, 0.2) is 10.8 Å². The second-order valence-corrected chi connectivity index (χ2v) is 6.66. The van der Waals surface area contributed by atoms with Crippen LogP contribution in [0.2, 0.25) is 0 Å². The first-order valence-corrected chi connectivity index (χ1v) is 8.85. The van der Waals surface area contributed by atoms with Crippen LogP contribution < -0.4 is 10.5 Å². The minimum Gasteiger partial charge on any atom is -0.314 e. The number of fused-ring (bicyclic) bond motifs is 1. The van der Waals surface area contributed by atoms with Gasteiger partial charge in [0.1, 0.15) is 24.1 Å². The van der Waals surface area contributed by atoms with Crippen LogP contribution in [0.1, 0.15) is 6.92 Å². The van der Waals surface area contributed by atoms with E-state index in [1.165, 1.54) is 58.0 Å². The second-order valence-electron chi connectivity index (χ2n) is 5.43. The van der Waals surface area contributed by atoms with E-state index in [2.05, 4.69) is 15.0 Å². The quantitative estimate of drug-likeness (QED) is 0.503. The number of amides is 1. The molecule has 134 valence electrons. The molecule has 26 heavy (non-hydrogen) atoms. The largest absolute Gasteiger partial charge is 0.314 e. The molecule has 0 fully saturated rings. The van der Waals surface area contributed by atoms with Crippen LogP contribution in [-0.2, 0) is 11.3 Å². The van der Waals surface area contributed by atoms with E-state index in [-0.39, 0.29) is 29.2 Å². The minimum absolute atomic E-state index is 0.193. The number of thioether (sulfide) groups is 1. The lowest BCUT2D eigenvalue weighted by Gasteiger charge is -2.18. The average molecular weight is 373 g/mol. The van der Waals surface area contributed by atoms with E-state index in [4.69, 9.17) is 0 Å². The first-order valence-electron chi connectivity index (χ1n) is 7.86. The lowest BCUT2D eigenvalue weighted by atomic mass is 10.3. The maximum atomic E-state index is 13.0. The summed E-state index contributed by atoms with van der Waals surface area (Å²) < 4.78 is 14.2. The van der Waals surface area contributed by atoms with Crippen molar-refractivity contribution in [3.8, 4) is 0 Å².